The summed E-state index contributed by atoms with van der Waals surface area (Å²) in [5, 5.41) is 0. The third-order valence-electron chi connectivity index (χ3n) is 5.36. The van der Waals surface area contributed by atoms with Crippen molar-refractivity contribution in [1.29, 1.82) is 0 Å². The maximum atomic E-state index is 13.1. The normalized spacial score (nSPS) is 28.9. The Hall–Kier alpha value is -1.72. The number of nitrogens with zero attached hydrogens (tertiary/aromatic N) is 1. The molecule has 1 saturated heterocycles. The number of fused-ring (bicyclic) bond motifs is 1. The number of hydrogen-bond donors (Lipinski definition) is 0. The molecule has 0 bridgehead atoms. The number of carbonyl (C=O) groups excluding carboxylic acids is 2. The van der Waals surface area contributed by atoms with Gasteiger partial charge in [-0.25, -0.2) is 0 Å². The molecular weight excluding hydrogens is 330 g/mol. The summed E-state index contributed by atoms with van der Waals surface area (Å²) >= 11 is 0. The van der Waals surface area contributed by atoms with E-state index in [9.17, 15) is 9.59 Å². The molecule has 3 unspecified atom stereocenters. The van der Waals surface area contributed by atoms with Crippen LogP contribution in [0.1, 0.15) is 46.0 Å². The topological polar surface area (TPSA) is 55.8 Å². The van der Waals surface area contributed by atoms with E-state index < -0.39 is 6.29 Å². The number of allylic oxidation sites excluding steroid dienone is 1. The predicted octanol–water partition coefficient (Wildman–Crippen LogP) is 3.17. The summed E-state index contributed by atoms with van der Waals surface area (Å²) in [4.78, 5) is 27.2. The lowest BCUT2D eigenvalue weighted by molar-refractivity contribution is -0.156. The molecule has 1 amide bonds. The molecule has 0 spiro atoms. The molecule has 3 atom stereocenters. The summed E-state index contributed by atoms with van der Waals surface area (Å²) in [6.45, 7) is 9.73. The van der Waals surface area contributed by atoms with E-state index in [1.54, 1.807) is 6.08 Å². The van der Waals surface area contributed by atoms with Gasteiger partial charge < -0.3 is 14.4 Å². The Kier molecular flexibility index (Phi) is 6.09. The molecule has 142 valence electrons. The molecule has 0 aromatic heterocycles. The Bertz CT molecular complexity index is 642. The maximum Gasteiger partial charge on any atom is 0.250 e. The van der Waals surface area contributed by atoms with E-state index in [0.717, 1.165) is 37.9 Å². The second-order valence-corrected chi connectivity index (χ2v) is 7.61. The molecule has 0 radical (unpaired) electrons. The smallest absolute Gasteiger partial charge is 0.250 e. The van der Waals surface area contributed by atoms with Crippen LogP contribution in [-0.2, 0) is 19.1 Å². The molecule has 1 aliphatic carbocycles. The highest BCUT2D eigenvalue weighted by Crippen LogP contribution is 2.36. The van der Waals surface area contributed by atoms with E-state index in [2.05, 4.69) is 6.58 Å². The first-order valence-corrected chi connectivity index (χ1v) is 9.60. The van der Waals surface area contributed by atoms with Gasteiger partial charge in [0.1, 0.15) is 0 Å². The van der Waals surface area contributed by atoms with Gasteiger partial charge in [-0.2, -0.15) is 0 Å². The van der Waals surface area contributed by atoms with Gasteiger partial charge >= 0.3 is 0 Å². The Morgan fingerprint density at radius 1 is 1.31 bits per heavy atom. The van der Waals surface area contributed by atoms with E-state index >= 15 is 0 Å². The number of rotatable bonds is 5. The number of piperidine rings is 1. The number of carbonyl (C=O) groups is 2. The van der Waals surface area contributed by atoms with Crippen molar-refractivity contribution in [3.63, 3.8) is 0 Å². The summed E-state index contributed by atoms with van der Waals surface area (Å²) in [6.07, 6.45) is 7.14. The van der Waals surface area contributed by atoms with Crippen LogP contribution in [0.25, 0.3) is 0 Å². The Morgan fingerprint density at radius 3 is 2.73 bits per heavy atom. The number of likely N-dealkylation sites (tertiary alicyclic amines) is 1. The van der Waals surface area contributed by atoms with Crippen LogP contribution >= 0.6 is 0 Å². The van der Waals surface area contributed by atoms with Crippen molar-refractivity contribution >= 4 is 11.7 Å². The van der Waals surface area contributed by atoms with Crippen LogP contribution in [0.3, 0.4) is 0 Å². The predicted molar refractivity (Wildman–Crippen MR) is 99.4 cm³/mol. The first kappa shape index (κ1) is 19.1. The highest BCUT2D eigenvalue weighted by atomic mass is 16.7. The lowest BCUT2D eigenvalue weighted by Crippen LogP contribution is -2.45. The zero-order chi connectivity index (χ0) is 18.7. The molecule has 3 rings (SSSR count). The lowest BCUT2D eigenvalue weighted by Gasteiger charge is -2.38. The average molecular weight is 359 g/mol. The van der Waals surface area contributed by atoms with Gasteiger partial charge in [0.2, 0.25) is 5.91 Å². The minimum Gasteiger partial charge on any atom is -0.349 e. The van der Waals surface area contributed by atoms with Gasteiger partial charge in [0.25, 0.3) is 0 Å². The van der Waals surface area contributed by atoms with Gasteiger partial charge in [0.05, 0.1) is 12.7 Å². The van der Waals surface area contributed by atoms with Crippen molar-refractivity contribution in [3.8, 4) is 0 Å². The van der Waals surface area contributed by atoms with Gasteiger partial charge in [-0.3, -0.25) is 9.59 Å². The second-order valence-electron chi connectivity index (χ2n) is 7.61. The molecule has 0 aromatic carbocycles. The van der Waals surface area contributed by atoms with Crippen LogP contribution in [0.2, 0.25) is 0 Å². The molecule has 0 aromatic rings. The van der Waals surface area contributed by atoms with Crippen LogP contribution in [0.15, 0.2) is 35.5 Å². The van der Waals surface area contributed by atoms with Crippen molar-refractivity contribution in [1.82, 2.24) is 4.90 Å². The standard InChI is InChI=1S/C21H29NO4/c1-14(2)7-10-25-20-13-17(21(24)22-8-5-4-6-9-22)16-12-18(23)15(3)11-19(16)26-20/h11,13,16,19-20H,1,4-10,12H2,2-3H3. The van der Waals surface area contributed by atoms with Gasteiger partial charge in [0, 0.05) is 31.0 Å². The minimum atomic E-state index is -0.559. The Morgan fingerprint density at radius 2 is 2.04 bits per heavy atom. The molecular formula is C21H29NO4. The van der Waals surface area contributed by atoms with Gasteiger partial charge in [-0.1, -0.05) is 5.57 Å². The van der Waals surface area contributed by atoms with Gasteiger partial charge in [0.15, 0.2) is 12.1 Å². The largest absolute Gasteiger partial charge is 0.349 e. The van der Waals surface area contributed by atoms with Crippen molar-refractivity contribution in [3.05, 3.63) is 35.5 Å². The maximum absolute atomic E-state index is 13.1. The first-order valence-electron chi connectivity index (χ1n) is 9.60. The van der Waals surface area contributed by atoms with E-state index in [0.29, 0.717) is 24.2 Å². The molecule has 2 aliphatic heterocycles. The van der Waals surface area contributed by atoms with Gasteiger partial charge in [-0.15, -0.1) is 6.58 Å². The summed E-state index contributed by atoms with van der Waals surface area (Å²) in [5.41, 5.74) is 2.44. The van der Waals surface area contributed by atoms with E-state index in [4.69, 9.17) is 9.47 Å². The van der Waals surface area contributed by atoms with Crippen molar-refractivity contribution < 1.29 is 19.1 Å². The number of hydrogen-bond acceptors (Lipinski definition) is 4. The van der Waals surface area contributed by atoms with Crippen LogP contribution in [0.4, 0.5) is 0 Å². The Labute approximate surface area is 155 Å². The fourth-order valence-corrected chi connectivity index (χ4v) is 3.76. The number of ether oxygens (including phenoxy) is 2. The van der Waals surface area contributed by atoms with Crippen LogP contribution < -0.4 is 0 Å². The summed E-state index contributed by atoms with van der Waals surface area (Å²) in [6, 6.07) is 0. The van der Waals surface area contributed by atoms with E-state index in [-0.39, 0.29) is 23.7 Å². The number of ketones is 1. The minimum absolute atomic E-state index is 0.0391. The van der Waals surface area contributed by atoms with Crippen molar-refractivity contribution in [2.24, 2.45) is 5.92 Å². The molecule has 3 aliphatic rings. The van der Waals surface area contributed by atoms with Crippen LogP contribution in [0.5, 0.6) is 0 Å². The summed E-state index contributed by atoms with van der Waals surface area (Å²) in [5.74, 6) is -0.0762. The van der Waals surface area contributed by atoms with Crippen molar-refractivity contribution in [2.75, 3.05) is 19.7 Å². The summed E-state index contributed by atoms with van der Waals surface area (Å²) in [7, 11) is 0. The average Bonchev–Trinajstić information content (AvgIpc) is 2.62. The third kappa shape index (κ3) is 4.33. The van der Waals surface area contributed by atoms with Gasteiger partial charge in [-0.05, 0) is 57.3 Å². The quantitative estimate of drug-likeness (QED) is 0.708. The fraction of sp³-hybridized carbons (Fsp3) is 0.619. The Balaban J connectivity index is 1.80. The third-order valence-corrected chi connectivity index (χ3v) is 5.36. The van der Waals surface area contributed by atoms with E-state index in [1.807, 2.05) is 24.8 Å². The lowest BCUT2D eigenvalue weighted by atomic mass is 9.79. The number of Topliss-reactive ketones (excluding diaryl/α,β-unsaturated/α-hetero) is 1. The molecule has 2 heterocycles. The first-order chi connectivity index (χ1) is 12.5. The summed E-state index contributed by atoms with van der Waals surface area (Å²) < 4.78 is 11.9. The van der Waals surface area contributed by atoms with Crippen molar-refractivity contribution in [2.45, 2.75) is 58.3 Å². The molecule has 5 nitrogen and oxygen atoms in total. The zero-order valence-corrected chi connectivity index (χ0v) is 15.8. The molecule has 1 fully saturated rings. The molecule has 0 saturated carbocycles. The highest BCUT2D eigenvalue weighted by Gasteiger charge is 2.40. The van der Waals surface area contributed by atoms with E-state index in [1.165, 1.54) is 6.42 Å². The van der Waals surface area contributed by atoms with Crippen LogP contribution in [0, 0.1) is 5.92 Å². The zero-order valence-electron chi connectivity index (χ0n) is 15.8. The SMILES string of the molecule is C=C(C)CCOC1C=C(C(=O)N2CCCCC2)C2CC(=O)C(C)=CC2O1. The highest BCUT2D eigenvalue weighted by molar-refractivity contribution is 6.00. The number of amides is 1. The fourth-order valence-electron chi connectivity index (χ4n) is 3.76. The van der Waals surface area contributed by atoms with Crippen LogP contribution in [-0.4, -0.2) is 48.7 Å². The monoisotopic (exact) mass is 359 g/mol. The molecule has 5 heteroatoms. The second kappa shape index (κ2) is 8.31. The molecule has 26 heavy (non-hydrogen) atoms. The molecule has 0 N–H and O–H groups in total.